The first kappa shape index (κ1) is 32.3. The smallest absolute Gasteiger partial charge is 0.230 e. The van der Waals surface area contributed by atoms with Crippen LogP contribution >= 0.6 is 0 Å². The minimum absolute atomic E-state index is 0.0923. The molecule has 4 heteroatoms. The largest absolute Gasteiger partial charge is 0.458 e. The SMILES string of the molecule is c1ccc2c(-c3c(OCOc4ccc(C5CCCCC5)cc4)ccc4ccccc34)c(OCOc3ccc(C4CCCCC4)cc3)ccc2c1. The fourth-order valence-corrected chi connectivity index (χ4v) is 8.13. The van der Waals surface area contributed by atoms with Crippen molar-refractivity contribution in [1.82, 2.24) is 0 Å². The van der Waals surface area contributed by atoms with E-state index in [4.69, 9.17) is 18.9 Å². The lowest BCUT2D eigenvalue weighted by atomic mass is 9.84. The van der Waals surface area contributed by atoms with Crippen molar-refractivity contribution in [1.29, 1.82) is 0 Å². The van der Waals surface area contributed by atoms with Gasteiger partial charge < -0.3 is 18.9 Å². The quantitative estimate of drug-likeness (QED) is 0.129. The number of hydrogen-bond donors (Lipinski definition) is 0. The minimum atomic E-state index is 0.0923. The Morgan fingerprint density at radius 3 is 1.20 bits per heavy atom. The molecule has 2 fully saturated rings. The molecule has 2 aliphatic rings. The van der Waals surface area contributed by atoms with Crippen molar-refractivity contribution >= 4 is 21.5 Å². The van der Waals surface area contributed by atoms with Gasteiger partial charge in [-0.25, -0.2) is 0 Å². The Labute approximate surface area is 296 Å². The highest BCUT2D eigenvalue weighted by Gasteiger charge is 2.20. The summed E-state index contributed by atoms with van der Waals surface area (Å²) in [6.45, 7) is 0.185. The van der Waals surface area contributed by atoms with Gasteiger partial charge in [-0.3, -0.25) is 0 Å². The first-order chi connectivity index (χ1) is 24.8. The molecule has 0 saturated heterocycles. The Morgan fingerprint density at radius 2 is 0.780 bits per heavy atom. The predicted molar refractivity (Wildman–Crippen MR) is 204 cm³/mol. The lowest BCUT2D eigenvalue weighted by molar-refractivity contribution is 0.118. The summed E-state index contributed by atoms with van der Waals surface area (Å²) in [5.41, 5.74) is 4.78. The average molecular weight is 663 g/mol. The molecule has 0 amide bonds. The van der Waals surface area contributed by atoms with Crippen molar-refractivity contribution in [3.8, 4) is 34.1 Å². The molecule has 6 aromatic carbocycles. The molecule has 0 heterocycles. The van der Waals surface area contributed by atoms with Crippen LogP contribution in [0.4, 0.5) is 0 Å². The first-order valence-electron chi connectivity index (χ1n) is 18.6. The van der Waals surface area contributed by atoms with Crippen LogP contribution in [-0.2, 0) is 0 Å². The van der Waals surface area contributed by atoms with Crippen molar-refractivity contribution < 1.29 is 18.9 Å². The van der Waals surface area contributed by atoms with Crippen molar-refractivity contribution in [3.63, 3.8) is 0 Å². The molecule has 0 N–H and O–H groups in total. The maximum absolute atomic E-state index is 6.48. The second-order valence-corrected chi connectivity index (χ2v) is 13.9. The highest BCUT2D eigenvalue weighted by Crippen LogP contribution is 2.45. The van der Waals surface area contributed by atoms with Gasteiger partial charge in [0.1, 0.15) is 23.0 Å². The van der Waals surface area contributed by atoms with E-state index in [-0.39, 0.29) is 13.6 Å². The first-order valence-corrected chi connectivity index (χ1v) is 18.6. The Balaban J connectivity index is 1.05. The molecule has 6 aromatic rings. The summed E-state index contributed by atoms with van der Waals surface area (Å²) in [5.74, 6) is 4.44. The monoisotopic (exact) mass is 662 g/mol. The molecule has 0 aliphatic heterocycles. The van der Waals surface area contributed by atoms with Crippen molar-refractivity contribution in [2.75, 3.05) is 13.6 Å². The van der Waals surface area contributed by atoms with Gasteiger partial charge >= 0.3 is 0 Å². The van der Waals surface area contributed by atoms with Gasteiger partial charge in [0.15, 0.2) is 0 Å². The number of rotatable bonds is 11. The Morgan fingerprint density at radius 1 is 0.380 bits per heavy atom. The van der Waals surface area contributed by atoms with Gasteiger partial charge in [-0.15, -0.1) is 0 Å². The van der Waals surface area contributed by atoms with Crippen LogP contribution in [0.1, 0.15) is 87.2 Å². The second-order valence-electron chi connectivity index (χ2n) is 13.9. The van der Waals surface area contributed by atoms with Crippen LogP contribution in [0, 0.1) is 0 Å². The topological polar surface area (TPSA) is 36.9 Å². The molecule has 0 aromatic heterocycles. The molecular formula is C46H46O4. The Bertz CT molecular complexity index is 1870. The lowest BCUT2D eigenvalue weighted by Gasteiger charge is -2.22. The summed E-state index contributed by atoms with van der Waals surface area (Å²) < 4.78 is 25.3. The number of ether oxygens (including phenoxy) is 4. The van der Waals surface area contributed by atoms with Gasteiger partial charge in [0.2, 0.25) is 13.6 Å². The molecule has 254 valence electrons. The van der Waals surface area contributed by atoms with Crippen molar-refractivity contribution in [3.05, 3.63) is 132 Å². The predicted octanol–water partition coefficient (Wildman–Crippen LogP) is 12.6. The summed E-state index contributed by atoms with van der Waals surface area (Å²) in [5, 5.41) is 4.43. The van der Waals surface area contributed by atoms with Crippen LogP contribution in [0.2, 0.25) is 0 Å². The zero-order valence-corrected chi connectivity index (χ0v) is 28.8. The van der Waals surface area contributed by atoms with Gasteiger partial charge in [0, 0.05) is 11.1 Å². The summed E-state index contributed by atoms with van der Waals surface area (Å²) in [7, 11) is 0. The maximum atomic E-state index is 6.48. The highest BCUT2D eigenvalue weighted by atomic mass is 16.7. The zero-order chi connectivity index (χ0) is 33.5. The molecule has 0 radical (unpaired) electrons. The Hall–Kier alpha value is -4.96. The van der Waals surface area contributed by atoms with E-state index in [1.165, 1.54) is 75.3 Å². The minimum Gasteiger partial charge on any atom is -0.458 e. The zero-order valence-electron chi connectivity index (χ0n) is 28.8. The standard InChI is InChI=1S/C46H46O4/c1-3-11-33(12-4-1)35-19-25-39(26-20-35)47-31-49-43-29-23-37-15-7-9-17-41(37)45(43)46-42-18-10-8-16-38(42)24-30-44(46)50-32-48-40-27-21-36(22-28-40)34-13-5-2-6-14-34/h7-10,15-30,33-34H,1-6,11-14,31-32H2. The van der Waals surface area contributed by atoms with Gasteiger partial charge in [-0.1, -0.05) is 123 Å². The molecule has 2 aliphatic carbocycles. The second kappa shape index (κ2) is 15.3. The molecule has 8 rings (SSSR count). The number of fused-ring (bicyclic) bond motifs is 2. The fourth-order valence-electron chi connectivity index (χ4n) is 8.13. The van der Waals surface area contributed by atoms with E-state index < -0.39 is 0 Å². The van der Waals surface area contributed by atoms with Crippen molar-refractivity contribution in [2.45, 2.75) is 76.0 Å². The third kappa shape index (κ3) is 7.16. The summed E-state index contributed by atoms with van der Waals surface area (Å²) >= 11 is 0. The third-order valence-corrected chi connectivity index (χ3v) is 10.8. The van der Waals surface area contributed by atoms with Crippen molar-refractivity contribution in [2.24, 2.45) is 0 Å². The van der Waals surface area contributed by atoms with Crippen LogP contribution in [-0.4, -0.2) is 13.6 Å². The third-order valence-electron chi connectivity index (χ3n) is 10.8. The summed E-state index contributed by atoms with van der Waals surface area (Å²) in [6.07, 6.45) is 13.2. The number of hydrogen-bond acceptors (Lipinski definition) is 4. The van der Waals surface area contributed by atoms with Gasteiger partial charge in [-0.2, -0.15) is 0 Å². The average Bonchev–Trinajstić information content (AvgIpc) is 3.19. The molecule has 0 spiro atoms. The van der Waals surface area contributed by atoms with Crippen LogP contribution in [0.25, 0.3) is 32.7 Å². The van der Waals surface area contributed by atoms with E-state index in [0.29, 0.717) is 11.8 Å². The molecule has 0 atom stereocenters. The Kier molecular flexibility index (Phi) is 9.87. The normalized spacial score (nSPS) is 15.6. The van der Waals surface area contributed by atoms with Crippen LogP contribution in [0.15, 0.2) is 121 Å². The van der Waals surface area contributed by atoms with Gasteiger partial charge in [0.05, 0.1) is 0 Å². The molecule has 0 unspecified atom stereocenters. The van der Waals surface area contributed by atoms with E-state index in [9.17, 15) is 0 Å². The van der Waals surface area contributed by atoms with E-state index >= 15 is 0 Å². The molecule has 50 heavy (non-hydrogen) atoms. The van der Waals surface area contributed by atoms with Crippen LogP contribution in [0.3, 0.4) is 0 Å². The highest BCUT2D eigenvalue weighted by molar-refractivity contribution is 6.09. The molecule has 2 saturated carbocycles. The molecule has 4 nitrogen and oxygen atoms in total. The van der Waals surface area contributed by atoms with E-state index in [2.05, 4.69) is 109 Å². The maximum Gasteiger partial charge on any atom is 0.230 e. The van der Waals surface area contributed by atoms with Crippen LogP contribution < -0.4 is 18.9 Å². The lowest BCUT2D eigenvalue weighted by Crippen LogP contribution is -2.09. The summed E-state index contributed by atoms with van der Waals surface area (Å²) in [6, 6.07) is 42.4. The summed E-state index contributed by atoms with van der Waals surface area (Å²) in [4.78, 5) is 0. The molecular weight excluding hydrogens is 617 g/mol. The van der Waals surface area contributed by atoms with E-state index in [1.807, 2.05) is 12.1 Å². The van der Waals surface area contributed by atoms with E-state index in [1.54, 1.807) is 0 Å². The van der Waals surface area contributed by atoms with E-state index in [0.717, 1.165) is 55.7 Å². The number of benzene rings is 6. The van der Waals surface area contributed by atoms with Gasteiger partial charge in [-0.05, 0) is 107 Å². The van der Waals surface area contributed by atoms with Crippen LogP contribution in [0.5, 0.6) is 23.0 Å². The molecule has 0 bridgehead atoms. The van der Waals surface area contributed by atoms with Gasteiger partial charge in [0.25, 0.3) is 0 Å². The fraction of sp³-hybridized carbons (Fsp3) is 0.304.